The van der Waals surface area contributed by atoms with Crippen LogP contribution in [0.4, 0.5) is 10.1 Å². The van der Waals surface area contributed by atoms with Gasteiger partial charge in [-0.05, 0) is 79.9 Å². The van der Waals surface area contributed by atoms with Crippen molar-refractivity contribution in [1.82, 2.24) is 10.2 Å². The Morgan fingerprint density at radius 2 is 1.62 bits per heavy atom. The van der Waals surface area contributed by atoms with E-state index < -0.39 is 34.3 Å². The minimum absolute atomic E-state index is 0.0251. The number of hydrogen-bond donors (Lipinski definition) is 1. The Balaban J connectivity index is 1.68. The monoisotopic (exact) mass is 605 g/mol. The van der Waals surface area contributed by atoms with Gasteiger partial charge in [-0.15, -0.1) is 0 Å². The lowest BCUT2D eigenvalue weighted by molar-refractivity contribution is -0.139. The third kappa shape index (κ3) is 7.33. The van der Waals surface area contributed by atoms with E-state index in [-0.39, 0.29) is 34.1 Å². The Hall–Kier alpha value is -3.14. The summed E-state index contributed by atoms with van der Waals surface area (Å²) in [6.07, 6.45) is 3.78. The fourth-order valence-electron chi connectivity index (χ4n) is 4.65. The number of benzene rings is 3. The molecule has 11 heteroatoms. The number of halogens is 3. The van der Waals surface area contributed by atoms with Gasteiger partial charge in [-0.3, -0.25) is 13.9 Å². The topological polar surface area (TPSA) is 86.8 Å². The molecule has 0 aliphatic heterocycles. The predicted molar refractivity (Wildman–Crippen MR) is 154 cm³/mol. The van der Waals surface area contributed by atoms with Gasteiger partial charge < -0.3 is 10.2 Å². The highest BCUT2D eigenvalue weighted by Crippen LogP contribution is 2.28. The SMILES string of the molecule is CC(C(=O)NC1CCCC1)N(Cc1ccc(F)cc1)C(=O)CN(c1cccc(Cl)c1)S(=O)(=O)c1ccc(Cl)cc1. The van der Waals surface area contributed by atoms with Gasteiger partial charge in [0.2, 0.25) is 11.8 Å². The molecule has 40 heavy (non-hydrogen) atoms. The van der Waals surface area contributed by atoms with Gasteiger partial charge in [0.1, 0.15) is 18.4 Å². The Labute approximate surface area is 243 Å². The van der Waals surface area contributed by atoms with Crippen molar-refractivity contribution in [3.05, 3.63) is 94.2 Å². The van der Waals surface area contributed by atoms with Gasteiger partial charge in [-0.1, -0.05) is 54.2 Å². The Bertz CT molecular complexity index is 1450. The van der Waals surface area contributed by atoms with Crippen LogP contribution in [-0.2, 0) is 26.2 Å². The fraction of sp³-hybridized carbons (Fsp3) is 0.310. The predicted octanol–water partition coefficient (Wildman–Crippen LogP) is 5.80. The quantitative estimate of drug-likeness (QED) is 0.316. The molecule has 0 spiro atoms. The number of amides is 2. The van der Waals surface area contributed by atoms with Gasteiger partial charge in [0.05, 0.1) is 10.6 Å². The summed E-state index contributed by atoms with van der Waals surface area (Å²) in [7, 11) is -4.24. The lowest BCUT2D eigenvalue weighted by Crippen LogP contribution is -2.52. The molecule has 0 heterocycles. The number of carbonyl (C=O) groups is 2. The highest BCUT2D eigenvalue weighted by atomic mass is 35.5. The van der Waals surface area contributed by atoms with E-state index in [4.69, 9.17) is 23.2 Å². The third-order valence-electron chi connectivity index (χ3n) is 6.91. The average Bonchev–Trinajstić information content (AvgIpc) is 3.44. The minimum Gasteiger partial charge on any atom is -0.352 e. The highest BCUT2D eigenvalue weighted by Gasteiger charge is 2.33. The first kappa shape index (κ1) is 29.8. The second kappa shape index (κ2) is 13.0. The summed E-state index contributed by atoms with van der Waals surface area (Å²) in [5.74, 6) is -1.39. The zero-order valence-corrected chi connectivity index (χ0v) is 24.2. The van der Waals surface area contributed by atoms with Crippen molar-refractivity contribution in [2.45, 2.75) is 56.1 Å². The van der Waals surface area contributed by atoms with Gasteiger partial charge in [0.25, 0.3) is 10.0 Å². The largest absolute Gasteiger partial charge is 0.352 e. The Kier molecular flexibility index (Phi) is 9.71. The smallest absolute Gasteiger partial charge is 0.264 e. The third-order valence-corrected chi connectivity index (χ3v) is 9.19. The number of carbonyl (C=O) groups excluding carboxylic acids is 2. The molecule has 1 unspecified atom stereocenters. The summed E-state index contributed by atoms with van der Waals surface area (Å²) in [5.41, 5.74) is 0.769. The average molecular weight is 607 g/mol. The van der Waals surface area contributed by atoms with Crippen molar-refractivity contribution in [3.63, 3.8) is 0 Å². The Morgan fingerprint density at radius 1 is 0.975 bits per heavy atom. The summed E-state index contributed by atoms with van der Waals surface area (Å²) in [4.78, 5) is 28.4. The standard InChI is InChI=1S/C29H30Cl2FN3O4S/c1-20(29(37)33-25-6-2-3-7-25)34(18-21-9-13-24(32)14-10-21)28(36)19-35(26-8-4-5-23(31)17-26)40(38,39)27-15-11-22(30)12-16-27/h4-5,8-17,20,25H,2-3,6-7,18-19H2,1H3,(H,33,37). The second-order valence-corrected chi connectivity index (χ2v) is 12.5. The number of rotatable bonds is 10. The lowest BCUT2D eigenvalue weighted by atomic mass is 10.1. The van der Waals surface area contributed by atoms with Crippen LogP contribution in [0.2, 0.25) is 10.0 Å². The first-order valence-electron chi connectivity index (χ1n) is 12.9. The molecule has 4 rings (SSSR count). The van der Waals surface area contributed by atoms with Crippen LogP contribution in [0.1, 0.15) is 38.2 Å². The molecular formula is C29H30Cl2FN3O4S. The molecule has 1 saturated carbocycles. The van der Waals surface area contributed by atoms with Crippen molar-refractivity contribution < 1.29 is 22.4 Å². The Morgan fingerprint density at radius 3 is 2.25 bits per heavy atom. The van der Waals surface area contributed by atoms with Crippen LogP contribution in [0.5, 0.6) is 0 Å². The maximum Gasteiger partial charge on any atom is 0.264 e. The summed E-state index contributed by atoms with van der Waals surface area (Å²) < 4.78 is 42.1. The van der Waals surface area contributed by atoms with Crippen molar-refractivity contribution in [3.8, 4) is 0 Å². The van der Waals surface area contributed by atoms with E-state index in [1.54, 1.807) is 19.1 Å². The van der Waals surface area contributed by atoms with E-state index in [0.29, 0.717) is 10.6 Å². The highest BCUT2D eigenvalue weighted by molar-refractivity contribution is 7.92. The minimum atomic E-state index is -4.24. The molecule has 3 aromatic rings. The van der Waals surface area contributed by atoms with Gasteiger partial charge in [-0.25, -0.2) is 12.8 Å². The van der Waals surface area contributed by atoms with Gasteiger partial charge in [-0.2, -0.15) is 0 Å². The first-order valence-corrected chi connectivity index (χ1v) is 15.1. The van der Waals surface area contributed by atoms with Gasteiger partial charge in [0.15, 0.2) is 0 Å². The molecule has 1 fully saturated rings. The summed E-state index contributed by atoms with van der Waals surface area (Å²) >= 11 is 12.1. The molecule has 2 amide bonds. The second-order valence-electron chi connectivity index (χ2n) is 9.76. The number of hydrogen-bond acceptors (Lipinski definition) is 4. The number of nitrogens with zero attached hydrogens (tertiary/aromatic N) is 2. The fourth-order valence-corrected chi connectivity index (χ4v) is 6.37. The number of anilines is 1. The first-order chi connectivity index (χ1) is 19.0. The van der Waals surface area contributed by atoms with Crippen LogP contribution in [0.15, 0.2) is 77.7 Å². The molecule has 1 N–H and O–H groups in total. The zero-order chi connectivity index (χ0) is 28.9. The van der Waals surface area contributed by atoms with Crippen molar-refractivity contribution in [2.24, 2.45) is 0 Å². The van der Waals surface area contributed by atoms with Crippen molar-refractivity contribution in [1.29, 1.82) is 0 Å². The number of nitrogens with one attached hydrogen (secondary N) is 1. The van der Waals surface area contributed by atoms with Crippen LogP contribution in [0, 0.1) is 5.82 Å². The van der Waals surface area contributed by atoms with Crippen LogP contribution < -0.4 is 9.62 Å². The van der Waals surface area contributed by atoms with Gasteiger partial charge in [0, 0.05) is 22.6 Å². The van der Waals surface area contributed by atoms with Crippen LogP contribution in [-0.4, -0.2) is 43.8 Å². The molecule has 212 valence electrons. The molecule has 1 aliphatic carbocycles. The molecule has 0 bridgehead atoms. The molecular weight excluding hydrogens is 576 g/mol. The zero-order valence-electron chi connectivity index (χ0n) is 21.9. The van der Waals surface area contributed by atoms with Crippen molar-refractivity contribution in [2.75, 3.05) is 10.8 Å². The molecule has 3 aromatic carbocycles. The van der Waals surface area contributed by atoms with E-state index in [2.05, 4.69) is 5.32 Å². The van der Waals surface area contributed by atoms with E-state index in [0.717, 1.165) is 30.0 Å². The molecule has 0 radical (unpaired) electrons. The van der Waals surface area contributed by atoms with Crippen LogP contribution in [0.25, 0.3) is 0 Å². The normalized spacial score (nSPS) is 14.5. The summed E-state index contributed by atoms with van der Waals surface area (Å²) in [5, 5.41) is 3.65. The lowest BCUT2D eigenvalue weighted by Gasteiger charge is -2.32. The maximum atomic E-state index is 13.9. The van der Waals surface area contributed by atoms with Crippen molar-refractivity contribution >= 4 is 50.7 Å². The van der Waals surface area contributed by atoms with Crippen LogP contribution in [0.3, 0.4) is 0 Å². The van der Waals surface area contributed by atoms with E-state index in [9.17, 15) is 22.4 Å². The van der Waals surface area contributed by atoms with Gasteiger partial charge >= 0.3 is 0 Å². The summed E-state index contributed by atoms with van der Waals surface area (Å²) in [6.45, 7) is 0.972. The molecule has 1 atom stereocenters. The maximum absolute atomic E-state index is 13.9. The van der Waals surface area contributed by atoms with E-state index >= 15 is 0 Å². The van der Waals surface area contributed by atoms with E-state index in [1.165, 1.54) is 65.6 Å². The number of sulfonamides is 1. The molecule has 0 saturated heterocycles. The van der Waals surface area contributed by atoms with E-state index in [1.807, 2.05) is 0 Å². The molecule has 1 aliphatic rings. The molecule has 0 aromatic heterocycles. The molecule has 7 nitrogen and oxygen atoms in total. The van der Waals surface area contributed by atoms with Crippen LogP contribution >= 0.6 is 23.2 Å². The summed E-state index contributed by atoms with van der Waals surface area (Å²) in [6, 6.07) is 16.5.